The number of carbonyl (C=O) groups excluding carboxylic acids is 1. The Morgan fingerprint density at radius 1 is 1.31 bits per heavy atom. The number of hydrogen-bond donors (Lipinski definition) is 1. The summed E-state index contributed by atoms with van der Waals surface area (Å²) in [6, 6.07) is 0. The summed E-state index contributed by atoms with van der Waals surface area (Å²) in [6.07, 6.45) is 1.20. The van der Waals surface area contributed by atoms with E-state index in [9.17, 15) is 9.90 Å². The lowest BCUT2D eigenvalue weighted by Gasteiger charge is -2.30. The molecule has 2 aliphatic rings. The van der Waals surface area contributed by atoms with Crippen LogP contribution >= 0.6 is 0 Å². The van der Waals surface area contributed by atoms with Gasteiger partial charge in [-0.15, -0.1) is 0 Å². The van der Waals surface area contributed by atoms with Crippen LogP contribution in [0.1, 0.15) is 40.5 Å². The van der Waals surface area contributed by atoms with Gasteiger partial charge in [-0.2, -0.15) is 0 Å². The quantitative estimate of drug-likeness (QED) is 0.620. The Hall–Kier alpha value is -0.370. The summed E-state index contributed by atoms with van der Waals surface area (Å²) < 4.78 is 0. The van der Waals surface area contributed by atoms with E-state index in [2.05, 4.69) is 20.8 Å². The van der Waals surface area contributed by atoms with Crippen LogP contribution in [0.25, 0.3) is 0 Å². The van der Waals surface area contributed by atoms with Crippen molar-refractivity contribution in [2.45, 2.75) is 46.1 Å². The van der Waals surface area contributed by atoms with Crippen molar-refractivity contribution < 1.29 is 9.90 Å². The number of ketones is 1. The summed E-state index contributed by atoms with van der Waals surface area (Å²) in [5.41, 5.74) is -0.646. The summed E-state index contributed by atoms with van der Waals surface area (Å²) in [6.45, 7) is 8.25. The van der Waals surface area contributed by atoms with Gasteiger partial charge in [0.05, 0.1) is 0 Å². The first kappa shape index (κ1) is 9.20. The van der Waals surface area contributed by atoms with Crippen LogP contribution in [0.5, 0.6) is 0 Å². The Kier molecular flexibility index (Phi) is 1.42. The molecule has 2 nitrogen and oxygen atoms in total. The minimum atomic E-state index is -1.07. The maximum atomic E-state index is 11.5. The first-order valence-electron chi connectivity index (χ1n) is 4.97. The fraction of sp³-hybridized carbons (Fsp3) is 0.909. The van der Waals surface area contributed by atoms with Gasteiger partial charge in [-0.3, -0.25) is 4.79 Å². The standard InChI is InChI=1S/C11H18O2/c1-9(2)7-5-8(12)11(4,13)6-10(7,9)3/h7,13H,5-6H2,1-4H3. The van der Waals surface area contributed by atoms with Crippen molar-refractivity contribution in [1.82, 2.24) is 0 Å². The van der Waals surface area contributed by atoms with Crippen molar-refractivity contribution in [3.8, 4) is 0 Å². The molecule has 2 fully saturated rings. The largest absolute Gasteiger partial charge is 0.382 e. The van der Waals surface area contributed by atoms with Gasteiger partial charge in [-0.05, 0) is 30.1 Å². The molecule has 0 aliphatic heterocycles. The number of fused-ring (bicyclic) bond motifs is 1. The average Bonchev–Trinajstić information content (AvgIpc) is 2.31. The van der Waals surface area contributed by atoms with Crippen molar-refractivity contribution in [2.75, 3.05) is 0 Å². The van der Waals surface area contributed by atoms with Crippen molar-refractivity contribution in [2.24, 2.45) is 16.7 Å². The second-order valence-electron chi connectivity index (χ2n) is 5.77. The molecule has 1 N–H and O–H groups in total. The maximum absolute atomic E-state index is 11.5. The van der Waals surface area contributed by atoms with E-state index < -0.39 is 5.60 Å². The molecule has 3 unspecified atom stereocenters. The molecule has 13 heavy (non-hydrogen) atoms. The third-order valence-electron chi connectivity index (χ3n) is 4.73. The highest BCUT2D eigenvalue weighted by Crippen LogP contribution is 2.74. The van der Waals surface area contributed by atoms with Gasteiger partial charge >= 0.3 is 0 Å². The molecule has 0 amide bonds. The maximum Gasteiger partial charge on any atom is 0.164 e. The lowest BCUT2D eigenvalue weighted by atomic mass is 9.78. The average molecular weight is 182 g/mol. The van der Waals surface area contributed by atoms with Gasteiger partial charge in [0, 0.05) is 6.42 Å². The highest BCUT2D eigenvalue weighted by Gasteiger charge is 2.72. The van der Waals surface area contributed by atoms with Gasteiger partial charge in [0.15, 0.2) is 5.78 Å². The first-order valence-corrected chi connectivity index (χ1v) is 4.97. The van der Waals surface area contributed by atoms with Crippen molar-refractivity contribution in [1.29, 1.82) is 0 Å². The van der Waals surface area contributed by atoms with Crippen LogP contribution in [0.4, 0.5) is 0 Å². The van der Waals surface area contributed by atoms with E-state index in [1.807, 2.05) is 0 Å². The zero-order chi connectivity index (χ0) is 10.1. The normalized spacial score (nSPS) is 53.0. The molecule has 2 heteroatoms. The third-order valence-corrected chi connectivity index (χ3v) is 4.73. The topological polar surface area (TPSA) is 37.3 Å². The van der Waals surface area contributed by atoms with E-state index in [1.165, 1.54) is 0 Å². The summed E-state index contributed by atoms with van der Waals surface area (Å²) in [4.78, 5) is 11.5. The molecule has 2 saturated carbocycles. The van der Waals surface area contributed by atoms with E-state index >= 15 is 0 Å². The summed E-state index contributed by atoms with van der Waals surface area (Å²) in [7, 11) is 0. The molecular weight excluding hydrogens is 164 g/mol. The Morgan fingerprint density at radius 2 is 1.85 bits per heavy atom. The lowest BCUT2D eigenvalue weighted by molar-refractivity contribution is -0.141. The van der Waals surface area contributed by atoms with Gasteiger partial charge in [0.2, 0.25) is 0 Å². The molecule has 2 aliphatic carbocycles. The highest BCUT2D eigenvalue weighted by molar-refractivity contribution is 5.88. The molecular formula is C11H18O2. The predicted molar refractivity (Wildman–Crippen MR) is 50.2 cm³/mol. The van der Waals surface area contributed by atoms with Gasteiger partial charge in [0.25, 0.3) is 0 Å². The molecule has 0 saturated heterocycles. The summed E-state index contributed by atoms with van der Waals surface area (Å²) >= 11 is 0. The van der Waals surface area contributed by atoms with Gasteiger partial charge in [-0.1, -0.05) is 20.8 Å². The summed E-state index contributed by atoms with van der Waals surface area (Å²) in [5.74, 6) is 0.522. The molecule has 0 radical (unpaired) electrons. The Morgan fingerprint density at radius 3 is 2.31 bits per heavy atom. The second kappa shape index (κ2) is 2.00. The van der Waals surface area contributed by atoms with Crippen LogP contribution in [0.2, 0.25) is 0 Å². The molecule has 0 aromatic heterocycles. The van der Waals surface area contributed by atoms with E-state index in [0.29, 0.717) is 18.8 Å². The highest BCUT2D eigenvalue weighted by atomic mass is 16.3. The van der Waals surface area contributed by atoms with Crippen LogP contribution in [0, 0.1) is 16.7 Å². The molecule has 0 bridgehead atoms. The Bertz CT molecular complexity index is 278. The molecule has 0 heterocycles. The van der Waals surface area contributed by atoms with E-state index in [4.69, 9.17) is 0 Å². The lowest BCUT2D eigenvalue weighted by Crippen LogP contribution is -2.41. The van der Waals surface area contributed by atoms with Crippen LogP contribution in [-0.2, 0) is 4.79 Å². The number of aliphatic hydroxyl groups is 1. The Balaban J connectivity index is 2.30. The minimum absolute atomic E-state index is 0.0283. The molecule has 0 aromatic carbocycles. The number of hydrogen-bond acceptors (Lipinski definition) is 2. The SMILES string of the molecule is CC1(O)CC2(C)C(CC1=O)C2(C)C. The number of Topliss-reactive ketones (excluding diaryl/α,β-unsaturated/α-hetero) is 1. The van der Waals surface area contributed by atoms with Crippen LogP contribution in [0.3, 0.4) is 0 Å². The zero-order valence-electron chi connectivity index (χ0n) is 8.85. The van der Waals surface area contributed by atoms with Crippen molar-refractivity contribution >= 4 is 5.78 Å². The van der Waals surface area contributed by atoms with Crippen LogP contribution in [0.15, 0.2) is 0 Å². The Labute approximate surface area is 79.3 Å². The molecule has 0 aromatic rings. The van der Waals surface area contributed by atoms with Gasteiger partial charge < -0.3 is 5.11 Å². The zero-order valence-corrected chi connectivity index (χ0v) is 8.85. The smallest absolute Gasteiger partial charge is 0.164 e. The predicted octanol–water partition coefficient (Wildman–Crippen LogP) is 1.76. The van der Waals surface area contributed by atoms with E-state index in [0.717, 1.165) is 0 Å². The monoisotopic (exact) mass is 182 g/mol. The first-order chi connectivity index (χ1) is 5.72. The van der Waals surface area contributed by atoms with Crippen molar-refractivity contribution in [3.05, 3.63) is 0 Å². The van der Waals surface area contributed by atoms with Crippen LogP contribution < -0.4 is 0 Å². The third kappa shape index (κ3) is 0.899. The van der Waals surface area contributed by atoms with E-state index in [1.54, 1.807) is 6.92 Å². The fourth-order valence-corrected chi connectivity index (χ4v) is 3.25. The number of carbonyl (C=O) groups is 1. The van der Waals surface area contributed by atoms with Gasteiger partial charge in [0.1, 0.15) is 5.60 Å². The minimum Gasteiger partial charge on any atom is -0.382 e. The second-order valence-corrected chi connectivity index (χ2v) is 5.77. The molecule has 2 rings (SSSR count). The van der Waals surface area contributed by atoms with Crippen LogP contribution in [-0.4, -0.2) is 16.5 Å². The molecule has 0 spiro atoms. The summed E-state index contributed by atoms with van der Waals surface area (Å²) in [5, 5.41) is 9.89. The molecule has 3 atom stereocenters. The number of rotatable bonds is 0. The fourth-order valence-electron chi connectivity index (χ4n) is 3.25. The van der Waals surface area contributed by atoms with Crippen molar-refractivity contribution in [3.63, 3.8) is 0 Å². The van der Waals surface area contributed by atoms with Gasteiger partial charge in [-0.25, -0.2) is 0 Å². The molecule has 74 valence electrons. The van der Waals surface area contributed by atoms with E-state index in [-0.39, 0.29) is 16.6 Å².